The number of carbonyl (C=O) groups excluding carboxylic acids is 1. The maximum atomic E-state index is 12.0. The highest BCUT2D eigenvalue weighted by Crippen LogP contribution is 2.17. The second-order valence-electron chi connectivity index (χ2n) is 5.42. The number of hydrogen-bond acceptors (Lipinski definition) is 3. The summed E-state index contributed by atoms with van der Waals surface area (Å²) < 4.78 is 5.58. The Balaban J connectivity index is 1.69. The van der Waals surface area contributed by atoms with Crippen molar-refractivity contribution in [3.63, 3.8) is 0 Å². The van der Waals surface area contributed by atoms with Crippen molar-refractivity contribution >= 4 is 5.91 Å². The molecule has 1 saturated heterocycles. The lowest BCUT2D eigenvalue weighted by molar-refractivity contribution is -0.133. The number of benzene rings is 1. The third-order valence-corrected chi connectivity index (χ3v) is 3.83. The molecule has 1 fully saturated rings. The smallest absolute Gasteiger partial charge is 0.225 e. The van der Waals surface area contributed by atoms with Crippen LogP contribution in [0.15, 0.2) is 24.3 Å². The number of hydrogen-bond donors (Lipinski definition) is 1. The summed E-state index contributed by atoms with van der Waals surface area (Å²) in [6.45, 7) is 4.20. The highest BCUT2D eigenvalue weighted by atomic mass is 16.5. The van der Waals surface area contributed by atoms with Crippen molar-refractivity contribution in [3.8, 4) is 5.75 Å². The van der Waals surface area contributed by atoms with Gasteiger partial charge in [0.25, 0.3) is 0 Å². The van der Waals surface area contributed by atoms with E-state index in [-0.39, 0.29) is 12.5 Å². The number of likely N-dealkylation sites (tertiary alicyclic amines) is 1. The summed E-state index contributed by atoms with van der Waals surface area (Å²) in [6, 6.07) is 7.84. The average Bonchev–Trinajstić information content (AvgIpc) is 2.49. The number of nitrogens with zero attached hydrogens (tertiary/aromatic N) is 1. The number of carbonyl (C=O) groups is 1. The lowest BCUT2D eigenvalue weighted by atomic mass is 9.98. The first-order valence-electron chi connectivity index (χ1n) is 7.27. The molecular weight excluding hydrogens is 254 g/mol. The molecule has 0 atom stereocenters. The van der Waals surface area contributed by atoms with Crippen molar-refractivity contribution in [3.05, 3.63) is 29.8 Å². The lowest BCUT2D eigenvalue weighted by Crippen LogP contribution is -2.39. The van der Waals surface area contributed by atoms with E-state index in [1.54, 1.807) is 0 Å². The standard InChI is InChI=1S/C16H23NO3/c1-13-2-4-15(5-3-13)20-11-8-16(19)17-9-6-14(12-18)7-10-17/h2-5,14,18H,6-12H2,1H3. The van der Waals surface area contributed by atoms with Gasteiger partial charge in [-0.3, -0.25) is 4.79 Å². The molecule has 1 amide bonds. The number of aliphatic hydroxyl groups is 1. The van der Waals surface area contributed by atoms with Gasteiger partial charge in [-0.15, -0.1) is 0 Å². The molecule has 1 aromatic carbocycles. The van der Waals surface area contributed by atoms with Crippen LogP contribution in [0.3, 0.4) is 0 Å². The monoisotopic (exact) mass is 277 g/mol. The van der Waals surface area contributed by atoms with Crippen molar-refractivity contribution in [2.24, 2.45) is 5.92 Å². The molecule has 1 N–H and O–H groups in total. The quantitative estimate of drug-likeness (QED) is 0.895. The zero-order valence-corrected chi connectivity index (χ0v) is 12.0. The van der Waals surface area contributed by atoms with E-state index in [4.69, 9.17) is 9.84 Å². The molecular formula is C16H23NO3. The van der Waals surface area contributed by atoms with Gasteiger partial charge >= 0.3 is 0 Å². The summed E-state index contributed by atoms with van der Waals surface area (Å²) in [7, 11) is 0. The maximum absolute atomic E-state index is 12.0. The van der Waals surface area contributed by atoms with Gasteiger partial charge in [-0.1, -0.05) is 17.7 Å². The molecule has 0 aliphatic carbocycles. The van der Waals surface area contributed by atoms with Crippen molar-refractivity contribution in [2.75, 3.05) is 26.3 Å². The summed E-state index contributed by atoms with van der Waals surface area (Å²) in [6.07, 6.45) is 2.22. The van der Waals surface area contributed by atoms with Crippen LogP contribution >= 0.6 is 0 Å². The van der Waals surface area contributed by atoms with Gasteiger partial charge in [0, 0.05) is 19.7 Å². The summed E-state index contributed by atoms with van der Waals surface area (Å²) >= 11 is 0. The molecule has 0 bridgehead atoms. The van der Waals surface area contributed by atoms with Crippen LogP contribution in [-0.4, -0.2) is 42.2 Å². The first kappa shape index (κ1) is 14.9. The van der Waals surface area contributed by atoms with E-state index < -0.39 is 0 Å². The molecule has 0 unspecified atom stereocenters. The van der Waals surface area contributed by atoms with Crippen LogP contribution < -0.4 is 4.74 Å². The Hall–Kier alpha value is -1.55. The van der Waals surface area contributed by atoms with Crippen molar-refractivity contribution in [1.82, 2.24) is 4.90 Å². The molecule has 1 aliphatic heterocycles. The summed E-state index contributed by atoms with van der Waals surface area (Å²) in [5, 5.41) is 9.08. The Bertz CT molecular complexity index is 422. The van der Waals surface area contributed by atoms with Crippen LogP contribution in [0.1, 0.15) is 24.8 Å². The summed E-state index contributed by atoms with van der Waals surface area (Å²) in [5.74, 6) is 1.32. The Morgan fingerprint density at radius 3 is 2.55 bits per heavy atom. The van der Waals surface area contributed by atoms with Crippen LogP contribution in [0.2, 0.25) is 0 Å². The van der Waals surface area contributed by atoms with Crippen molar-refractivity contribution in [2.45, 2.75) is 26.2 Å². The molecule has 0 saturated carbocycles. The van der Waals surface area contributed by atoms with Crippen LogP contribution in [0.25, 0.3) is 0 Å². The van der Waals surface area contributed by atoms with Crippen LogP contribution in [-0.2, 0) is 4.79 Å². The third kappa shape index (κ3) is 4.23. The first-order valence-corrected chi connectivity index (χ1v) is 7.27. The molecule has 20 heavy (non-hydrogen) atoms. The minimum Gasteiger partial charge on any atom is -0.493 e. The van der Waals surface area contributed by atoms with Gasteiger partial charge in [-0.05, 0) is 37.8 Å². The highest BCUT2D eigenvalue weighted by Gasteiger charge is 2.21. The predicted molar refractivity (Wildman–Crippen MR) is 77.7 cm³/mol. The normalized spacial score (nSPS) is 16.2. The molecule has 0 aromatic heterocycles. The van der Waals surface area contributed by atoms with Crippen molar-refractivity contribution in [1.29, 1.82) is 0 Å². The van der Waals surface area contributed by atoms with Gasteiger partial charge in [0.05, 0.1) is 13.0 Å². The number of rotatable bonds is 5. The topological polar surface area (TPSA) is 49.8 Å². The predicted octanol–water partition coefficient (Wildman–Crippen LogP) is 1.99. The zero-order valence-electron chi connectivity index (χ0n) is 12.0. The minimum atomic E-state index is 0.147. The molecule has 0 radical (unpaired) electrons. The largest absolute Gasteiger partial charge is 0.493 e. The number of ether oxygens (including phenoxy) is 1. The van der Waals surface area contributed by atoms with E-state index in [2.05, 4.69) is 0 Å². The van der Waals surface area contributed by atoms with Gasteiger partial charge < -0.3 is 14.7 Å². The van der Waals surface area contributed by atoms with Crippen molar-refractivity contribution < 1.29 is 14.6 Å². The van der Waals surface area contributed by atoms with Crippen LogP contribution in [0.4, 0.5) is 0 Å². The van der Waals surface area contributed by atoms with Gasteiger partial charge in [0.2, 0.25) is 5.91 Å². The fourth-order valence-electron chi connectivity index (χ4n) is 2.41. The van der Waals surface area contributed by atoms with E-state index in [1.165, 1.54) is 5.56 Å². The van der Waals surface area contributed by atoms with E-state index in [1.807, 2.05) is 36.1 Å². The molecule has 110 valence electrons. The van der Waals surface area contributed by atoms with Crippen LogP contribution in [0.5, 0.6) is 5.75 Å². The fraction of sp³-hybridized carbons (Fsp3) is 0.562. The molecule has 1 heterocycles. The number of aryl methyl sites for hydroxylation is 1. The summed E-state index contributed by atoms with van der Waals surface area (Å²) in [5.41, 5.74) is 1.19. The van der Waals surface area contributed by atoms with E-state index >= 15 is 0 Å². The van der Waals surface area contributed by atoms with E-state index in [0.717, 1.165) is 31.7 Å². The Labute approximate surface area is 120 Å². The first-order chi connectivity index (χ1) is 9.69. The Kier molecular flexibility index (Phi) is 5.41. The van der Waals surface area contributed by atoms with Gasteiger partial charge in [0.1, 0.15) is 5.75 Å². The molecule has 4 nitrogen and oxygen atoms in total. The third-order valence-electron chi connectivity index (χ3n) is 3.83. The molecule has 2 rings (SSSR count). The van der Waals surface area contributed by atoms with Gasteiger partial charge in [-0.2, -0.15) is 0 Å². The molecule has 4 heteroatoms. The maximum Gasteiger partial charge on any atom is 0.225 e. The average molecular weight is 277 g/mol. The van der Waals surface area contributed by atoms with E-state index in [0.29, 0.717) is 18.9 Å². The highest BCUT2D eigenvalue weighted by molar-refractivity contribution is 5.76. The number of aliphatic hydroxyl groups excluding tert-OH is 1. The second kappa shape index (κ2) is 7.29. The fourth-order valence-corrected chi connectivity index (χ4v) is 2.41. The number of amides is 1. The van der Waals surface area contributed by atoms with Gasteiger partial charge in [0.15, 0.2) is 0 Å². The molecule has 0 spiro atoms. The molecule has 1 aliphatic rings. The second-order valence-corrected chi connectivity index (χ2v) is 5.42. The summed E-state index contributed by atoms with van der Waals surface area (Å²) in [4.78, 5) is 13.9. The Morgan fingerprint density at radius 1 is 1.30 bits per heavy atom. The van der Waals surface area contributed by atoms with E-state index in [9.17, 15) is 4.79 Å². The number of piperidine rings is 1. The Morgan fingerprint density at radius 2 is 1.95 bits per heavy atom. The zero-order chi connectivity index (χ0) is 14.4. The minimum absolute atomic E-state index is 0.147. The SMILES string of the molecule is Cc1ccc(OCCC(=O)N2CCC(CO)CC2)cc1. The lowest BCUT2D eigenvalue weighted by Gasteiger charge is -2.31. The van der Waals surface area contributed by atoms with Gasteiger partial charge in [-0.25, -0.2) is 0 Å². The van der Waals surface area contributed by atoms with Crippen LogP contribution in [0, 0.1) is 12.8 Å². The molecule has 1 aromatic rings.